The molecule has 98 valence electrons. The van der Waals surface area contributed by atoms with E-state index in [1.165, 1.54) is 37.7 Å². The van der Waals surface area contributed by atoms with E-state index in [-0.39, 0.29) is 0 Å². The molecule has 0 bridgehead atoms. The first-order valence-electron chi connectivity index (χ1n) is 6.42. The summed E-state index contributed by atoms with van der Waals surface area (Å²) in [5.74, 6) is 0.734. The summed E-state index contributed by atoms with van der Waals surface area (Å²) in [6.45, 7) is 0. The molecular weight excluding hydrogens is 375 g/mol. The molecule has 3 heteroatoms. The van der Waals surface area contributed by atoms with E-state index in [2.05, 4.69) is 44.0 Å². The molecule has 1 fully saturated rings. The minimum Gasteiger partial charge on any atom is -0.0880 e. The average molecular weight is 393 g/mol. The molecule has 0 N–H and O–H groups in total. The van der Waals surface area contributed by atoms with Crippen LogP contribution < -0.4 is 0 Å². The van der Waals surface area contributed by atoms with Crippen molar-refractivity contribution in [1.82, 2.24) is 0 Å². The Kier molecular flexibility index (Phi) is 5.78. The molecule has 0 amide bonds. The molecule has 0 heterocycles. The molecule has 0 saturated heterocycles. The Bertz CT molecular complexity index is 434. The first kappa shape index (κ1) is 14.6. The van der Waals surface area contributed by atoms with Gasteiger partial charge in [0.15, 0.2) is 0 Å². The Hall–Kier alpha value is 0.210. The van der Waals surface area contributed by atoms with Gasteiger partial charge in [0.25, 0.3) is 0 Å². The number of allylic oxidation sites excluding steroid dienone is 1. The number of alkyl halides is 1. The lowest BCUT2D eigenvalue weighted by atomic mass is 9.84. The van der Waals surface area contributed by atoms with Gasteiger partial charge in [-0.05, 0) is 36.5 Å². The summed E-state index contributed by atoms with van der Waals surface area (Å²) in [7, 11) is 0. The highest BCUT2D eigenvalue weighted by Crippen LogP contribution is 2.33. The Balaban J connectivity index is 2.22. The van der Waals surface area contributed by atoms with Crippen molar-refractivity contribution in [1.29, 1.82) is 0 Å². The predicted octanol–water partition coefficient (Wildman–Crippen LogP) is 6.46. The van der Waals surface area contributed by atoms with Gasteiger partial charge in [-0.3, -0.25) is 0 Å². The second kappa shape index (κ2) is 7.12. The van der Waals surface area contributed by atoms with Crippen LogP contribution in [-0.2, 0) is 0 Å². The van der Waals surface area contributed by atoms with E-state index in [1.54, 1.807) is 0 Å². The van der Waals surface area contributed by atoms with Gasteiger partial charge in [0.1, 0.15) is 0 Å². The summed E-state index contributed by atoms with van der Waals surface area (Å²) < 4.78 is 1.03. The first-order chi connectivity index (χ1) is 8.70. The lowest BCUT2D eigenvalue weighted by molar-refractivity contribution is 0.405. The monoisotopic (exact) mass is 390 g/mol. The predicted molar refractivity (Wildman–Crippen MR) is 87.5 cm³/mol. The molecular formula is C15H17Br2Cl. The molecule has 18 heavy (non-hydrogen) atoms. The van der Waals surface area contributed by atoms with Crippen LogP contribution >= 0.6 is 43.5 Å². The molecule has 0 aliphatic heterocycles. The number of halogens is 3. The number of benzene rings is 1. The quantitative estimate of drug-likeness (QED) is 0.518. The van der Waals surface area contributed by atoms with Crippen LogP contribution in [0.2, 0.25) is 5.02 Å². The van der Waals surface area contributed by atoms with Crippen molar-refractivity contribution in [3.63, 3.8) is 0 Å². The van der Waals surface area contributed by atoms with Crippen molar-refractivity contribution in [3.05, 3.63) is 38.8 Å². The Morgan fingerprint density at radius 2 is 2.00 bits per heavy atom. The highest BCUT2D eigenvalue weighted by Gasteiger charge is 2.17. The minimum atomic E-state index is 0.734. The maximum atomic E-state index is 6.28. The van der Waals surface area contributed by atoms with Crippen molar-refractivity contribution < 1.29 is 0 Å². The van der Waals surface area contributed by atoms with Crippen LogP contribution in [0.15, 0.2) is 28.2 Å². The van der Waals surface area contributed by atoms with Gasteiger partial charge in [-0.25, -0.2) is 0 Å². The van der Waals surface area contributed by atoms with Crippen molar-refractivity contribution in [3.8, 4) is 0 Å². The van der Waals surface area contributed by atoms with E-state index in [9.17, 15) is 0 Å². The van der Waals surface area contributed by atoms with Crippen LogP contribution in [0.3, 0.4) is 0 Å². The van der Waals surface area contributed by atoms with Crippen molar-refractivity contribution in [2.75, 3.05) is 5.33 Å². The Morgan fingerprint density at radius 3 is 2.61 bits per heavy atom. The zero-order chi connectivity index (χ0) is 13.0. The number of hydrogen-bond acceptors (Lipinski definition) is 0. The molecule has 1 aliphatic rings. The fraction of sp³-hybridized carbons (Fsp3) is 0.467. The van der Waals surface area contributed by atoms with Gasteiger partial charge in [0.05, 0.1) is 0 Å². The molecule has 2 rings (SSSR count). The van der Waals surface area contributed by atoms with E-state index in [1.807, 2.05) is 12.1 Å². The van der Waals surface area contributed by atoms with Gasteiger partial charge >= 0.3 is 0 Å². The van der Waals surface area contributed by atoms with Gasteiger partial charge in [0, 0.05) is 14.8 Å². The van der Waals surface area contributed by atoms with Crippen molar-refractivity contribution in [2.45, 2.75) is 32.1 Å². The molecule has 0 nitrogen and oxygen atoms in total. The Morgan fingerprint density at radius 1 is 1.28 bits per heavy atom. The molecule has 0 radical (unpaired) electrons. The van der Waals surface area contributed by atoms with Crippen molar-refractivity contribution >= 4 is 49.5 Å². The third kappa shape index (κ3) is 3.85. The summed E-state index contributed by atoms with van der Waals surface area (Å²) in [6, 6.07) is 6.09. The highest BCUT2D eigenvalue weighted by atomic mass is 79.9. The fourth-order valence-corrected chi connectivity index (χ4v) is 3.90. The molecule has 1 saturated carbocycles. The SMILES string of the molecule is Clc1cc(Br)ccc1/C=C(/CBr)C1CCCCC1. The largest absolute Gasteiger partial charge is 0.0880 e. The second-order valence-electron chi connectivity index (χ2n) is 4.85. The molecule has 1 aliphatic carbocycles. The maximum Gasteiger partial charge on any atom is 0.0489 e. The van der Waals surface area contributed by atoms with Gasteiger partial charge in [0.2, 0.25) is 0 Å². The van der Waals surface area contributed by atoms with Crippen LogP contribution in [0.4, 0.5) is 0 Å². The highest BCUT2D eigenvalue weighted by molar-refractivity contribution is 9.10. The van der Waals surface area contributed by atoms with Gasteiger partial charge < -0.3 is 0 Å². The lowest BCUT2D eigenvalue weighted by Gasteiger charge is -2.23. The van der Waals surface area contributed by atoms with E-state index >= 15 is 0 Å². The smallest absolute Gasteiger partial charge is 0.0489 e. The summed E-state index contributed by atoms with van der Waals surface area (Å²) in [4.78, 5) is 0. The standard InChI is InChI=1S/C15H17Br2Cl/c16-10-13(11-4-2-1-3-5-11)8-12-6-7-14(17)9-15(12)18/h6-9,11H,1-5,10H2/b13-8-. The van der Waals surface area contributed by atoms with Crippen molar-refractivity contribution in [2.24, 2.45) is 5.92 Å². The summed E-state index contributed by atoms with van der Waals surface area (Å²) in [5.41, 5.74) is 2.61. The van der Waals surface area contributed by atoms with E-state index in [4.69, 9.17) is 11.6 Å². The topological polar surface area (TPSA) is 0 Å². The lowest BCUT2D eigenvalue weighted by Crippen LogP contribution is -2.10. The zero-order valence-electron chi connectivity index (χ0n) is 10.3. The minimum absolute atomic E-state index is 0.734. The molecule has 0 unspecified atom stereocenters. The summed E-state index contributed by atoms with van der Waals surface area (Å²) >= 11 is 13.3. The maximum absolute atomic E-state index is 6.28. The van der Waals surface area contributed by atoms with E-state index in [0.717, 1.165) is 26.3 Å². The van der Waals surface area contributed by atoms with Gasteiger partial charge in [-0.1, -0.05) is 80.4 Å². The van der Waals surface area contributed by atoms with Crippen LogP contribution in [0.25, 0.3) is 6.08 Å². The fourth-order valence-electron chi connectivity index (χ4n) is 2.56. The van der Waals surface area contributed by atoms with E-state index < -0.39 is 0 Å². The van der Waals surface area contributed by atoms with Crippen LogP contribution in [0, 0.1) is 5.92 Å². The second-order valence-corrected chi connectivity index (χ2v) is 6.74. The van der Waals surface area contributed by atoms with E-state index in [0.29, 0.717) is 0 Å². The number of rotatable bonds is 3. The van der Waals surface area contributed by atoms with Gasteiger partial charge in [-0.15, -0.1) is 0 Å². The Labute approximate surface area is 131 Å². The van der Waals surface area contributed by atoms with Crippen LogP contribution in [-0.4, -0.2) is 5.33 Å². The first-order valence-corrected chi connectivity index (χ1v) is 8.71. The molecule has 1 aromatic rings. The molecule has 0 aromatic heterocycles. The molecule has 1 aromatic carbocycles. The van der Waals surface area contributed by atoms with Crippen LogP contribution in [0.5, 0.6) is 0 Å². The normalized spacial score (nSPS) is 18.1. The molecule has 0 spiro atoms. The van der Waals surface area contributed by atoms with Gasteiger partial charge in [-0.2, -0.15) is 0 Å². The third-order valence-electron chi connectivity index (χ3n) is 3.59. The molecule has 0 atom stereocenters. The summed E-state index contributed by atoms with van der Waals surface area (Å²) in [5, 5.41) is 1.77. The van der Waals surface area contributed by atoms with Crippen LogP contribution in [0.1, 0.15) is 37.7 Å². The average Bonchev–Trinajstić information content (AvgIpc) is 2.39. The summed E-state index contributed by atoms with van der Waals surface area (Å²) in [6.07, 6.45) is 9.04. The zero-order valence-corrected chi connectivity index (χ0v) is 14.2. The third-order valence-corrected chi connectivity index (χ3v) is 5.06. The number of hydrogen-bond donors (Lipinski definition) is 0.